The smallest absolute Gasteiger partial charge is 0.244 e. The number of ether oxygens (including phenoxy) is 2. The van der Waals surface area contributed by atoms with Crippen LogP contribution in [0.3, 0.4) is 0 Å². The highest BCUT2D eigenvalue weighted by Crippen LogP contribution is 2.32. The lowest BCUT2D eigenvalue weighted by atomic mass is 10.2. The minimum atomic E-state index is -0.124. The summed E-state index contributed by atoms with van der Waals surface area (Å²) >= 11 is 3.63. The van der Waals surface area contributed by atoms with E-state index in [4.69, 9.17) is 9.47 Å². The summed E-state index contributed by atoms with van der Waals surface area (Å²) in [5, 5.41) is 4.05. The van der Waals surface area contributed by atoms with Crippen LogP contribution >= 0.6 is 15.9 Å². The van der Waals surface area contributed by atoms with Gasteiger partial charge in [0.15, 0.2) is 11.5 Å². The van der Waals surface area contributed by atoms with Crippen molar-refractivity contribution in [2.45, 2.75) is 20.1 Å². The molecule has 0 atom stereocenters. The molecule has 0 unspecified atom stereocenters. The van der Waals surface area contributed by atoms with Gasteiger partial charge in [-0.1, -0.05) is 18.2 Å². The Hall–Kier alpha value is -3.32. The Morgan fingerprint density at radius 1 is 1.10 bits per heavy atom. The molecule has 4 rings (SSSR count). The van der Waals surface area contributed by atoms with Crippen molar-refractivity contribution < 1.29 is 14.3 Å². The molecule has 0 radical (unpaired) electrons. The van der Waals surface area contributed by atoms with Gasteiger partial charge in [-0.05, 0) is 58.7 Å². The van der Waals surface area contributed by atoms with Gasteiger partial charge < -0.3 is 19.4 Å². The first-order chi connectivity index (χ1) is 15.1. The molecular weight excluding hydrogens is 458 g/mol. The highest BCUT2D eigenvalue weighted by Gasteiger charge is 2.15. The van der Waals surface area contributed by atoms with Crippen molar-refractivity contribution in [3.63, 3.8) is 0 Å². The van der Waals surface area contributed by atoms with Crippen LogP contribution in [-0.2, 0) is 17.9 Å². The molecule has 2 aromatic heterocycles. The third-order valence-electron chi connectivity index (χ3n) is 5.05. The van der Waals surface area contributed by atoms with Crippen molar-refractivity contribution in [2.75, 3.05) is 12.4 Å². The summed E-state index contributed by atoms with van der Waals surface area (Å²) in [6.07, 6.45) is 3.44. The lowest BCUT2D eigenvalue weighted by molar-refractivity contribution is -0.116. The maximum Gasteiger partial charge on any atom is 0.244 e. The van der Waals surface area contributed by atoms with Crippen LogP contribution in [-0.4, -0.2) is 22.6 Å². The number of rotatable bonds is 7. The Labute approximate surface area is 188 Å². The molecule has 2 heterocycles. The highest BCUT2D eigenvalue weighted by atomic mass is 79.9. The number of pyridine rings is 1. The fraction of sp³-hybridized carbons (Fsp3) is 0.167. The first-order valence-corrected chi connectivity index (χ1v) is 10.6. The number of benzene rings is 2. The number of nitrogens with one attached hydrogen (secondary N) is 1. The number of anilines is 1. The van der Waals surface area contributed by atoms with Crippen molar-refractivity contribution >= 4 is 38.4 Å². The molecule has 4 aromatic rings. The lowest BCUT2D eigenvalue weighted by Crippen LogP contribution is -2.19. The minimum Gasteiger partial charge on any atom is -0.493 e. The van der Waals surface area contributed by atoms with Crippen molar-refractivity contribution in [1.29, 1.82) is 0 Å². The summed E-state index contributed by atoms with van der Waals surface area (Å²) in [4.78, 5) is 16.8. The Balaban J connectivity index is 1.50. The molecule has 0 aliphatic rings. The molecule has 0 aliphatic carbocycles. The lowest BCUT2D eigenvalue weighted by Gasteiger charge is -2.14. The second kappa shape index (κ2) is 9.22. The zero-order chi connectivity index (χ0) is 21.8. The second-order valence-corrected chi connectivity index (χ2v) is 7.85. The van der Waals surface area contributed by atoms with Gasteiger partial charge in [-0.25, -0.2) is 0 Å². The van der Waals surface area contributed by atoms with E-state index in [0.717, 1.165) is 26.6 Å². The number of carbonyl (C=O) groups is 1. The molecule has 0 fully saturated rings. The van der Waals surface area contributed by atoms with Gasteiger partial charge in [-0.2, -0.15) is 0 Å². The zero-order valence-corrected chi connectivity index (χ0v) is 18.8. The van der Waals surface area contributed by atoms with E-state index in [1.54, 1.807) is 37.7 Å². The van der Waals surface area contributed by atoms with E-state index in [1.807, 2.05) is 47.9 Å². The minimum absolute atomic E-state index is 0.124. The Bertz CT molecular complexity index is 1220. The predicted molar refractivity (Wildman–Crippen MR) is 125 cm³/mol. The van der Waals surface area contributed by atoms with Gasteiger partial charge in [0.05, 0.1) is 7.11 Å². The molecule has 31 heavy (non-hydrogen) atoms. The van der Waals surface area contributed by atoms with Crippen LogP contribution in [0.4, 0.5) is 5.69 Å². The average Bonchev–Trinajstić information content (AvgIpc) is 3.03. The summed E-state index contributed by atoms with van der Waals surface area (Å²) < 4.78 is 14.3. The Morgan fingerprint density at radius 2 is 1.87 bits per heavy atom. The molecule has 1 N–H and O–H groups in total. The zero-order valence-electron chi connectivity index (χ0n) is 17.3. The van der Waals surface area contributed by atoms with Crippen LogP contribution in [0.1, 0.15) is 11.3 Å². The van der Waals surface area contributed by atoms with Gasteiger partial charge in [-0.3, -0.25) is 9.78 Å². The fourth-order valence-electron chi connectivity index (χ4n) is 3.44. The monoisotopic (exact) mass is 479 g/mol. The van der Waals surface area contributed by atoms with Crippen molar-refractivity contribution in [3.05, 3.63) is 82.7 Å². The molecule has 2 aromatic carbocycles. The maximum atomic E-state index is 12.8. The van der Waals surface area contributed by atoms with Crippen LogP contribution in [0, 0.1) is 6.92 Å². The molecule has 0 saturated carbocycles. The van der Waals surface area contributed by atoms with E-state index in [2.05, 4.69) is 26.2 Å². The number of carbonyl (C=O) groups excluding carboxylic acids is 1. The molecule has 158 valence electrons. The third kappa shape index (κ3) is 4.56. The first kappa shape index (κ1) is 20.9. The largest absolute Gasteiger partial charge is 0.493 e. The van der Waals surface area contributed by atoms with E-state index in [-0.39, 0.29) is 12.5 Å². The quantitative estimate of drug-likeness (QED) is 0.388. The van der Waals surface area contributed by atoms with E-state index in [0.29, 0.717) is 23.8 Å². The first-order valence-electron chi connectivity index (χ1n) is 9.79. The predicted octanol–water partition coefficient (Wildman–Crippen LogP) is 5.33. The number of aromatic nitrogens is 2. The van der Waals surface area contributed by atoms with E-state index in [9.17, 15) is 4.79 Å². The molecule has 6 nitrogen and oxygen atoms in total. The van der Waals surface area contributed by atoms with Gasteiger partial charge in [0.1, 0.15) is 13.2 Å². The number of para-hydroxylation sites is 1. The summed E-state index contributed by atoms with van der Waals surface area (Å²) in [7, 11) is 1.59. The summed E-state index contributed by atoms with van der Waals surface area (Å²) in [5.41, 5.74) is 3.65. The highest BCUT2D eigenvalue weighted by molar-refractivity contribution is 9.10. The summed E-state index contributed by atoms with van der Waals surface area (Å²) in [6.45, 7) is 2.58. The fourth-order valence-corrected chi connectivity index (χ4v) is 3.99. The topological polar surface area (TPSA) is 65.4 Å². The molecule has 1 amide bonds. The summed E-state index contributed by atoms with van der Waals surface area (Å²) in [5.74, 6) is 1.03. The maximum absolute atomic E-state index is 12.8. The van der Waals surface area contributed by atoms with Crippen LogP contribution in [0.2, 0.25) is 0 Å². The SMILES string of the molecule is COc1ccc(NC(=O)Cn2c(C)c(Br)c3ccccc32)cc1OCc1ccncc1. The van der Waals surface area contributed by atoms with Crippen molar-refractivity contribution in [2.24, 2.45) is 0 Å². The van der Waals surface area contributed by atoms with Crippen molar-refractivity contribution in [3.8, 4) is 11.5 Å². The Kier molecular flexibility index (Phi) is 6.23. The van der Waals surface area contributed by atoms with Gasteiger partial charge in [-0.15, -0.1) is 0 Å². The number of hydrogen-bond acceptors (Lipinski definition) is 4. The number of methoxy groups -OCH3 is 1. The van der Waals surface area contributed by atoms with E-state index >= 15 is 0 Å². The standard InChI is InChI=1S/C24H22BrN3O3/c1-16-24(25)19-5-3-4-6-20(19)28(16)14-23(29)27-18-7-8-21(30-2)22(13-18)31-15-17-9-11-26-12-10-17/h3-13H,14-15H2,1-2H3,(H,27,29). The number of halogens is 1. The molecule has 0 spiro atoms. The van der Waals surface area contributed by atoms with Gasteiger partial charge in [0.2, 0.25) is 5.91 Å². The van der Waals surface area contributed by atoms with Crippen LogP contribution in [0.5, 0.6) is 11.5 Å². The molecule has 0 aliphatic heterocycles. The number of nitrogens with zero attached hydrogens (tertiary/aromatic N) is 2. The van der Waals surface area contributed by atoms with E-state index in [1.165, 1.54) is 0 Å². The number of hydrogen-bond donors (Lipinski definition) is 1. The third-order valence-corrected chi connectivity index (χ3v) is 6.05. The van der Waals surface area contributed by atoms with E-state index < -0.39 is 0 Å². The van der Waals surface area contributed by atoms with Crippen molar-refractivity contribution in [1.82, 2.24) is 9.55 Å². The molecular formula is C24H22BrN3O3. The molecule has 0 saturated heterocycles. The second-order valence-electron chi connectivity index (χ2n) is 7.06. The van der Waals surface area contributed by atoms with Gasteiger partial charge in [0, 0.05) is 45.2 Å². The van der Waals surface area contributed by atoms with Gasteiger partial charge >= 0.3 is 0 Å². The number of amides is 1. The van der Waals surface area contributed by atoms with Crippen LogP contribution in [0.25, 0.3) is 10.9 Å². The summed E-state index contributed by atoms with van der Waals surface area (Å²) in [6, 6.07) is 17.1. The Morgan fingerprint density at radius 3 is 2.65 bits per heavy atom. The number of fused-ring (bicyclic) bond motifs is 1. The van der Waals surface area contributed by atoms with Gasteiger partial charge in [0.25, 0.3) is 0 Å². The molecule has 7 heteroatoms. The molecule has 0 bridgehead atoms. The van der Waals surface area contributed by atoms with Crippen LogP contribution in [0.15, 0.2) is 71.5 Å². The average molecular weight is 480 g/mol. The normalized spacial score (nSPS) is 10.8. The van der Waals surface area contributed by atoms with Crippen LogP contribution < -0.4 is 14.8 Å².